The molecule has 0 atom stereocenters. The molecule has 0 aliphatic carbocycles. The second kappa shape index (κ2) is 9.16. The molecular formula is C27H30N2O5. The number of benzene rings is 2. The molecule has 2 fully saturated rings. The first-order valence-electron chi connectivity index (χ1n) is 11.6. The van der Waals surface area contributed by atoms with Crippen molar-refractivity contribution in [2.75, 3.05) is 40.5 Å². The van der Waals surface area contributed by atoms with E-state index in [2.05, 4.69) is 16.7 Å². The molecule has 0 bridgehead atoms. The number of methoxy groups -OCH3 is 2. The Hall–Kier alpha value is -3.29. The molecule has 1 aromatic heterocycles. The summed E-state index contributed by atoms with van der Waals surface area (Å²) in [6, 6.07) is 17.9. The first-order valence-corrected chi connectivity index (χ1v) is 11.6. The van der Waals surface area contributed by atoms with Gasteiger partial charge in [0, 0.05) is 43.4 Å². The molecule has 178 valence electrons. The average molecular weight is 463 g/mol. The zero-order chi connectivity index (χ0) is 23.7. The van der Waals surface area contributed by atoms with Crippen molar-refractivity contribution in [3.05, 3.63) is 65.9 Å². The number of carbonyl (C=O) groups is 1. The van der Waals surface area contributed by atoms with Gasteiger partial charge >= 0.3 is 0 Å². The van der Waals surface area contributed by atoms with Gasteiger partial charge in [0.05, 0.1) is 38.7 Å². The van der Waals surface area contributed by atoms with E-state index in [4.69, 9.17) is 18.9 Å². The molecule has 0 unspecified atom stereocenters. The summed E-state index contributed by atoms with van der Waals surface area (Å²) in [5.41, 5.74) is 4.45. The molecule has 1 spiro atoms. The number of aromatic nitrogens is 1. The highest BCUT2D eigenvalue weighted by molar-refractivity contribution is 5.97. The number of rotatable bonds is 5. The zero-order valence-corrected chi connectivity index (χ0v) is 19.9. The third-order valence-electron chi connectivity index (χ3n) is 6.80. The minimum atomic E-state index is -0.507. The fourth-order valence-corrected chi connectivity index (χ4v) is 4.95. The third kappa shape index (κ3) is 3.95. The van der Waals surface area contributed by atoms with Crippen LogP contribution < -0.4 is 9.47 Å². The lowest BCUT2D eigenvalue weighted by Gasteiger charge is -2.37. The topological polar surface area (TPSA) is 62.2 Å². The number of ether oxygens (including phenoxy) is 4. The highest BCUT2D eigenvalue weighted by Crippen LogP contribution is 2.36. The second-order valence-corrected chi connectivity index (χ2v) is 8.67. The Bertz CT molecular complexity index is 1170. The van der Waals surface area contributed by atoms with E-state index in [9.17, 15) is 4.79 Å². The van der Waals surface area contributed by atoms with Gasteiger partial charge in [0.1, 0.15) is 0 Å². The maximum Gasteiger partial charge on any atom is 0.255 e. The summed E-state index contributed by atoms with van der Waals surface area (Å²) >= 11 is 0. The number of likely N-dealkylation sites (tertiary alicyclic amines) is 1. The van der Waals surface area contributed by atoms with Crippen LogP contribution in [0.5, 0.6) is 11.5 Å². The summed E-state index contributed by atoms with van der Waals surface area (Å²) in [6.45, 7) is 4.47. The predicted molar refractivity (Wildman–Crippen MR) is 129 cm³/mol. The van der Waals surface area contributed by atoms with Crippen LogP contribution in [0.15, 0.2) is 54.6 Å². The normalized spacial score (nSPS) is 17.2. The van der Waals surface area contributed by atoms with Crippen LogP contribution in [-0.2, 0) is 9.47 Å². The van der Waals surface area contributed by atoms with Crippen molar-refractivity contribution in [1.29, 1.82) is 0 Å². The van der Waals surface area contributed by atoms with Crippen molar-refractivity contribution >= 4 is 5.91 Å². The van der Waals surface area contributed by atoms with Crippen LogP contribution in [-0.4, -0.2) is 61.7 Å². The van der Waals surface area contributed by atoms with Gasteiger partial charge in [0.2, 0.25) is 0 Å². The van der Waals surface area contributed by atoms with E-state index in [0.717, 1.165) is 22.6 Å². The molecule has 7 heteroatoms. The first kappa shape index (κ1) is 22.5. The fraction of sp³-hybridized carbons (Fsp3) is 0.370. The number of amides is 1. The highest BCUT2D eigenvalue weighted by atomic mass is 16.7. The maximum atomic E-state index is 13.7. The van der Waals surface area contributed by atoms with Gasteiger partial charge in [-0.1, -0.05) is 30.3 Å². The van der Waals surface area contributed by atoms with Gasteiger partial charge in [-0.3, -0.25) is 4.79 Å². The van der Waals surface area contributed by atoms with Crippen LogP contribution in [0.25, 0.3) is 16.9 Å². The van der Waals surface area contributed by atoms with Crippen molar-refractivity contribution < 1.29 is 23.7 Å². The van der Waals surface area contributed by atoms with Crippen LogP contribution in [0.3, 0.4) is 0 Å². The summed E-state index contributed by atoms with van der Waals surface area (Å²) in [4.78, 5) is 15.6. The quantitative estimate of drug-likeness (QED) is 0.561. The third-order valence-corrected chi connectivity index (χ3v) is 6.80. The molecule has 0 saturated carbocycles. The molecule has 2 saturated heterocycles. The van der Waals surface area contributed by atoms with Crippen molar-refractivity contribution in [2.45, 2.75) is 25.6 Å². The summed E-state index contributed by atoms with van der Waals surface area (Å²) in [7, 11) is 3.24. The Kier molecular flexibility index (Phi) is 6.06. The number of carbonyl (C=O) groups excluding carboxylic acids is 1. The smallest absolute Gasteiger partial charge is 0.255 e. The Labute approximate surface area is 199 Å². The number of hydrogen-bond donors (Lipinski definition) is 0. The first-order chi connectivity index (χ1) is 16.5. The fourth-order valence-electron chi connectivity index (χ4n) is 4.95. The molecule has 2 aromatic carbocycles. The van der Waals surface area contributed by atoms with Gasteiger partial charge in [-0.05, 0) is 30.7 Å². The minimum absolute atomic E-state index is 0.0294. The van der Waals surface area contributed by atoms with Gasteiger partial charge in [0.15, 0.2) is 17.3 Å². The van der Waals surface area contributed by atoms with E-state index in [1.807, 2.05) is 54.3 Å². The Morgan fingerprint density at radius 2 is 1.59 bits per heavy atom. The summed E-state index contributed by atoms with van der Waals surface area (Å²) < 4.78 is 24.7. The van der Waals surface area contributed by atoms with Crippen molar-refractivity contribution in [3.8, 4) is 28.4 Å². The molecule has 0 N–H and O–H groups in total. The van der Waals surface area contributed by atoms with E-state index in [1.165, 1.54) is 0 Å². The second-order valence-electron chi connectivity index (χ2n) is 8.67. The van der Waals surface area contributed by atoms with Crippen LogP contribution in [0.2, 0.25) is 0 Å². The van der Waals surface area contributed by atoms with E-state index >= 15 is 0 Å². The van der Waals surface area contributed by atoms with Crippen LogP contribution in [0.4, 0.5) is 0 Å². The van der Waals surface area contributed by atoms with Crippen molar-refractivity contribution in [1.82, 2.24) is 9.47 Å². The predicted octanol–water partition coefficient (Wildman–Crippen LogP) is 4.45. The Morgan fingerprint density at radius 3 is 2.24 bits per heavy atom. The highest BCUT2D eigenvalue weighted by Gasteiger charge is 2.41. The molecule has 2 aliphatic heterocycles. The van der Waals surface area contributed by atoms with Gasteiger partial charge in [0.25, 0.3) is 5.91 Å². The summed E-state index contributed by atoms with van der Waals surface area (Å²) in [5.74, 6) is 0.818. The summed E-state index contributed by atoms with van der Waals surface area (Å²) in [5, 5.41) is 0. The minimum Gasteiger partial charge on any atom is -0.493 e. The van der Waals surface area contributed by atoms with Gasteiger partial charge < -0.3 is 28.4 Å². The number of nitrogens with zero attached hydrogens (tertiary/aromatic N) is 2. The molecular weight excluding hydrogens is 432 g/mol. The largest absolute Gasteiger partial charge is 0.493 e. The standard InChI is InChI=1S/C27H30N2O5/c1-19-22(26(30)28-13-11-27(12-14-28)33-15-16-34-27)18-23(20-7-5-4-6-8-20)29(19)21-9-10-24(31-2)25(17-21)32-3/h4-10,17-18H,11-16H2,1-3H3. The number of piperidine rings is 1. The van der Waals surface area contributed by atoms with E-state index in [0.29, 0.717) is 56.2 Å². The molecule has 1 amide bonds. The number of hydrogen-bond acceptors (Lipinski definition) is 5. The lowest BCUT2D eigenvalue weighted by molar-refractivity contribution is -0.181. The summed E-state index contributed by atoms with van der Waals surface area (Å²) in [6.07, 6.45) is 1.39. The van der Waals surface area contributed by atoms with Crippen LogP contribution in [0.1, 0.15) is 28.9 Å². The average Bonchev–Trinajstić information content (AvgIpc) is 3.48. The maximum absolute atomic E-state index is 13.7. The van der Waals surface area contributed by atoms with Crippen molar-refractivity contribution in [3.63, 3.8) is 0 Å². The Morgan fingerprint density at radius 1 is 0.912 bits per heavy atom. The van der Waals surface area contributed by atoms with Gasteiger partial charge in [-0.15, -0.1) is 0 Å². The molecule has 2 aliphatic rings. The van der Waals surface area contributed by atoms with E-state index < -0.39 is 5.79 Å². The van der Waals surface area contributed by atoms with Crippen LogP contribution >= 0.6 is 0 Å². The van der Waals surface area contributed by atoms with Crippen molar-refractivity contribution in [2.24, 2.45) is 0 Å². The lowest BCUT2D eigenvalue weighted by atomic mass is 10.0. The molecule has 3 heterocycles. The van der Waals surface area contributed by atoms with Gasteiger partial charge in [-0.25, -0.2) is 0 Å². The Balaban J connectivity index is 1.53. The van der Waals surface area contributed by atoms with E-state index in [-0.39, 0.29) is 5.91 Å². The lowest BCUT2D eigenvalue weighted by Crippen LogP contribution is -2.47. The zero-order valence-electron chi connectivity index (χ0n) is 19.9. The molecule has 3 aromatic rings. The van der Waals surface area contributed by atoms with E-state index in [1.54, 1.807) is 14.2 Å². The SMILES string of the molecule is COc1ccc(-n2c(-c3ccccc3)cc(C(=O)N3CCC4(CC3)OCCO4)c2C)cc1OC. The molecule has 7 nitrogen and oxygen atoms in total. The van der Waals surface area contributed by atoms with Gasteiger partial charge in [-0.2, -0.15) is 0 Å². The molecule has 0 radical (unpaired) electrons. The van der Waals surface area contributed by atoms with Crippen LogP contribution in [0, 0.1) is 6.92 Å². The monoisotopic (exact) mass is 462 g/mol. The molecule has 34 heavy (non-hydrogen) atoms. The molecule has 5 rings (SSSR count).